The lowest BCUT2D eigenvalue weighted by atomic mass is 9.82. The number of ether oxygens (including phenoxy) is 3. The summed E-state index contributed by atoms with van der Waals surface area (Å²) in [4.78, 5) is 57.5. The van der Waals surface area contributed by atoms with Gasteiger partial charge in [0.25, 0.3) is 11.8 Å². The van der Waals surface area contributed by atoms with Crippen molar-refractivity contribution in [3.05, 3.63) is 119 Å². The van der Waals surface area contributed by atoms with E-state index in [1.54, 1.807) is 60.4 Å². The minimum absolute atomic E-state index is 0.0467. The molecule has 54 heavy (non-hydrogen) atoms. The van der Waals surface area contributed by atoms with Gasteiger partial charge in [0.1, 0.15) is 11.5 Å². The Hall–Kier alpha value is -5.01. The maximum Gasteiger partial charge on any atom is 0.264 e. The second-order valence-electron chi connectivity index (χ2n) is 15.1. The van der Waals surface area contributed by atoms with Gasteiger partial charge in [0.15, 0.2) is 13.9 Å². The molecule has 1 spiro atoms. The van der Waals surface area contributed by atoms with Gasteiger partial charge in [-0.1, -0.05) is 43.3 Å². The molecule has 282 valence electrons. The third-order valence-corrected chi connectivity index (χ3v) is 13.8. The van der Waals surface area contributed by atoms with E-state index < -0.39 is 31.5 Å². The van der Waals surface area contributed by atoms with E-state index in [1.165, 1.54) is 0 Å². The number of hydrogen-bond acceptors (Lipinski definition) is 8. The lowest BCUT2D eigenvalue weighted by molar-refractivity contribution is -0.151. The summed E-state index contributed by atoms with van der Waals surface area (Å²) in [7, 11) is 0.0702. The van der Waals surface area contributed by atoms with Gasteiger partial charge in [0.2, 0.25) is 5.91 Å². The first-order chi connectivity index (χ1) is 25.9. The predicted octanol–water partition coefficient (Wildman–Crippen LogP) is 5.64. The van der Waals surface area contributed by atoms with E-state index in [9.17, 15) is 19.5 Å². The highest BCUT2D eigenvalue weighted by Gasteiger charge is 2.66. The van der Waals surface area contributed by atoms with Crippen LogP contribution in [0.2, 0.25) is 18.6 Å². The number of hydrogen-bond donors (Lipinski definition) is 3. The van der Waals surface area contributed by atoms with E-state index in [0.29, 0.717) is 47.0 Å². The molecule has 1 saturated heterocycles. The van der Waals surface area contributed by atoms with Crippen molar-refractivity contribution in [2.45, 2.75) is 69.2 Å². The number of carbonyl (C=O) groups excluding carboxylic acids is 3. The van der Waals surface area contributed by atoms with Crippen LogP contribution >= 0.6 is 0 Å². The first-order valence-corrected chi connectivity index (χ1v) is 21.3. The second kappa shape index (κ2) is 14.7. The molecule has 3 heterocycles. The molecule has 0 aliphatic carbocycles. The zero-order valence-corrected chi connectivity index (χ0v) is 32.2. The second-order valence-corrected chi connectivity index (χ2v) is 19.0. The maximum absolute atomic E-state index is 15.0. The molecular formula is C42H47N3O8Si. The van der Waals surface area contributed by atoms with Crippen LogP contribution in [0.5, 0.6) is 11.5 Å². The van der Waals surface area contributed by atoms with Crippen LogP contribution in [0.4, 0.5) is 11.4 Å². The van der Waals surface area contributed by atoms with Gasteiger partial charge < -0.3 is 39.2 Å². The van der Waals surface area contributed by atoms with Crippen LogP contribution in [-0.4, -0.2) is 73.8 Å². The van der Waals surface area contributed by atoms with E-state index in [1.807, 2.05) is 74.6 Å². The minimum Gasteiger partial charge on any atom is -0.497 e. The Labute approximate surface area is 316 Å². The van der Waals surface area contributed by atoms with Crippen LogP contribution in [0.25, 0.3) is 0 Å². The molecule has 3 aliphatic heterocycles. The largest absolute Gasteiger partial charge is 0.497 e. The monoisotopic (exact) mass is 749 g/mol. The van der Waals surface area contributed by atoms with Gasteiger partial charge in [0.05, 0.1) is 51.6 Å². The van der Waals surface area contributed by atoms with E-state index in [0.717, 1.165) is 16.7 Å². The van der Waals surface area contributed by atoms with E-state index in [-0.39, 0.29) is 43.3 Å². The topological polar surface area (TPSA) is 138 Å². The van der Waals surface area contributed by atoms with Crippen molar-refractivity contribution < 1.29 is 38.5 Å². The Balaban J connectivity index is 1.18. The molecule has 3 aliphatic rings. The van der Waals surface area contributed by atoms with Crippen molar-refractivity contribution in [2.24, 2.45) is 5.92 Å². The summed E-state index contributed by atoms with van der Waals surface area (Å²) in [6.07, 6.45) is -0.259. The fourth-order valence-corrected chi connectivity index (χ4v) is 11.3. The normalized spacial score (nSPS) is 23.3. The molecule has 3 N–H and O–H groups in total. The molecule has 0 saturated carbocycles. The Bertz CT molecular complexity index is 2070. The van der Waals surface area contributed by atoms with Crippen LogP contribution < -0.4 is 19.7 Å². The van der Waals surface area contributed by atoms with E-state index >= 15 is 4.79 Å². The number of methoxy groups -OCH3 is 2. The Morgan fingerprint density at radius 3 is 2.33 bits per heavy atom. The molecule has 7 rings (SSSR count). The van der Waals surface area contributed by atoms with Crippen LogP contribution in [-0.2, 0) is 39.4 Å². The summed E-state index contributed by atoms with van der Waals surface area (Å²) in [5.74, 6) is -0.0462. The highest BCUT2D eigenvalue weighted by atomic mass is 28.4. The van der Waals surface area contributed by atoms with Crippen molar-refractivity contribution >= 4 is 37.4 Å². The number of aliphatic hydroxyl groups excluding tert-OH is 1. The van der Waals surface area contributed by atoms with Crippen molar-refractivity contribution in [3.63, 3.8) is 0 Å². The number of benzene rings is 4. The molecule has 0 radical (unpaired) electrons. The lowest BCUT2D eigenvalue weighted by Gasteiger charge is -2.37. The summed E-state index contributed by atoms with van der Waals surface area (Å²) in [5.41, 5.74) is 3.29. The number of nitrogens with zero attached hydrogens (tertiary/aromatic N) is 2. The quantitative estimate of drug-likeness (QED) is 0.177. The zero-order valence-electron chi connectivity index (χ0n) is 31.2. The average molecular weight is 750 g/mol. The van der Waals surface area contributed by atoms with Gasteiger partial charge in [-0.25, -0.2) is 0 Å². The third kappa shape index (κ3) is 6.68. The fourth-order valence-electron chi connectivity index (χ4n) is 8.75. The molecule has 4 aromatic rings. The van der Waals surface area contributed by atoms with E-state index in [2.05, 4.69) is 5.32 Å². The van der Waals surface area contributed by atoms with Crippen LogP contribution in [0, 0.1) is 5.92 Å². The van der Waals surface area contributed by atoms with Crippen LogP contribution in [0.1, 0.15) is 46.0 Å². The predicted molar refractivity (Wildman–Crippen MR) is 207 cm³/mol. The van der Waals surface area contributed by atoms with Gasteiger partial charge >= 0.3 is 0 Å². The fraction of sp³-hybridized carbons (Fsp3) is 0.357. The zero-order chi connectivity index (χ0) is 38.4. The van der Waals surface area contributed by atoms with Crippen LogP contribution in [0.3, 0.4) is 0 Å². The molecule has 12 heteroatoms. The van der Waals surface area contributed by atoms with Gasteiger partial charge in [-0.2, -0.15) is 0 Å². The third-order valence-electron chi connectivity index (χ3n) is 11.3. The van der Waals surface area contributed by atoms with Gasteiger partial charge in [0, 0.05) is 34.8 Å². The van der Waals surface area contributed by atoms with Crippen molar-refractivity contribution in [2.75, 3.05) is 31.0 Å². The first-order valence-electron chi connectivity index (χ1n) is 18.3. The number of rotatable bonds is 10. The van der Waals surface area contributed by atoms with E-state index in [4.69, 9.17) is 14.2 Å². The minimum atomic E-state index is -3.06. The summed E-state index contributed by atoms with van der Waals surface area (Å²) in [6.45, 7) is 5.97. The number of fused-ring (bicyclic) bond motifs is 3. The summed E-state index contributed by atoms with van der Waals surface area (Å²) < 4.78 is 17.8. The first kappa shape index (κ1) is 37.3. The highest BCUT2D eigenvalue weighted by molar-refractivity contribution is 6.71. The molecule has 3 amide bonds. The summed E-state index contributed by atoms with van der Waals surface area (Å²) in [6, 6.07) is 27.2. The lowest BCUT2D eigenvalue weighted by Crippen LogP contribution is -2.48. The molecule has 0 unspecified atom stereocenters. The van der Waals surface area contributed by atoms with Crippen molar-refractivity contribution in [1.29, 1.82) is 0 Å². The molecular weight excluding hydrogens is 703 g/mol. The maximum atomic E-state index is 15.0. The summed E-state index contributed by atoms with van der Waals surface area (Å²) in [5, 5.41) is 13.3. The number of aliphatic hydroxyl groups is 1. The number of anilines is 2. The molecule has 5 atom stereocenters. The standard InChI is InChI=1S/C42H47N3O8Si/c1-26-39(54(4,5)50)37(22-38(47)44-24-30-11-7-6-10-29(30)20-32(44)25-46)53-42(26)35-21-34(52-3)17-18-36(35)45(41(42)49)23-27-9-8-12-31(19-27)43-40(48)28-13-15-33(51-2)16-14-28/h6-19,21,26,32,37,39,46,50H,20,22-25H2,1-5H3,(H,43,48)/t26-,32+,37+,39-,42+/m1/s1. The van der Waals surface area contributed by atoms with Crippen molar-refractivity contribution in [1.82, 2.24) is 4.90 Å². The average Bonchev–Trinajstić information content (AvgIpc) is 3.59. The smallest absolute Gasteiger partial charge is 0.264 e. The molecule has 11 nitrogen and oxygen atoms in total. The Kier molecular flexibility index (Phi) is 10.1. The SMILES string of the molecule is COc1ccc(C(=O)Nc2cccc(CN3C(=O)[C@@]4(O[C@@H](CC(=O)N5Cc6ccccc6C[C@H]5CO)[C@H]([Si](C)(C)O)[C@H]4C)c4cc(OC)ccc43)c2)cc1. The van der Waals surface area contributed by atoms with Crippen molar-refractivity contribution in [3.8, 4) is 11.5 Å². The molecule has 4 aromatic carbocycles. The highest BCUT2D eigenvalue weighted by Crippen LogP contribution is 2.60. The molecule has 1 fully saturated rings. The van der Waals surface area contributed by atoms with Gasteiger partial charge in [-0.05, 0) is 90.8 Å². The Morgan fingerprint density at radius 1 is 0.944 bits per heavy atom. The van der Waals surface area contributed by atoms with Gasteiger partial charge in [-0.3, -0.25) is 14.4 Å². The number of nitrogens with one attached hydrogen (secondary N) is 1. The van der Waals surface area contributed by atoms with Crippen LogP contribution in [0.15, 0.2) is 91.0 Å². The number of amides is 3. The summed E-state index contributed by atoms with van der Waals surface area (Å²) >= 11 is 0. The number of carbonyl (C=O) groups is 3. The Morgan fingerprint density at radius 2 is 1.65 bits per heavy atom. The molecule has 0 bridgehead atoms. The van der Waals surface area contributed by atoms with Gasteiger partial charge in [-0.15, -0.1) is 0 Å². The molecule has 0 aromatic heterocycles.